The van der Waals surface area contributed by atoms with Gasteiger partial charge in [0, 0.05) is 19.3 Å². The number of benzene rings is 4. The van der Waals surface area contributed by atoms with E-state index in [1.165, 1.54) is 0 Å². The SMILES string of the molecule is CC[C@@H](C)[C@@H](OCc1ccccc1)[C@@H](O)C[C@@H](C)CC#CCC[C@@H](OCc1ccccc1)[C@H](C[C@@H](CO)OCc1ccccc1)OCc1ccccc1. The van der Waals surface area contributed by atoms with Gasteiger partial charge in [-0.3, -0.25) is 0 Å². The smallest absolute Gasteiger partial charge is 0.0867 e. The molecule has 0 aromatic heterocycles. The van der Waals surface area contributed by atoms with E-state index in [0.717, 1.165) is 28.7 Å². The molecule has 2 N–H and O–H groups in total. The molecule has 0 aliphatic carbocycles. The summed E-state index contributed by atoms with van der Waals surface area (Å²) in [5, 5.41) is 21.6. The number of aliphatic hydroxyl groups is 2. The van der Waals surface area contributed by atoms with Crippen LogP contribution in [0, 0.1) is 23.7 Å². The quantitative estimate of drug-likeness (QED) is 0.0703. The van der Waals surface area contributed by atoms with Crippen LogP contribution < -0.4 is 0 Å². The molecule has 4 aromatic carbocycles. The van der Waals surface area contributed by atoms with Crippen LogP contribution in [0.1, 0.15) is 81.5 Å². The standard InChI is InChI=1S/C47H60O6/c1-4-38(3)47(53-36-42-27-17-9-18-28-42)44(49)30-37(2)20-10-5-19-29-45(51-34-40-23-13-7-14-24-40)46(52-35-41-25-15-8-16-26-41)31-43(32-48)50-33-39-21-11-6-12-22-39/h6-9,11-18,21-28,37-38,43-49H,4,19-20,29-36H2,1-3H3/t37-,38+,43-,44-,45+,46-,47+/m0/s1. The third-order valence-electron chi connectivity index (χ3n) is 9.70. The molecule has 53 heavy (non-hydrogen) atoms. The van der Waals surface area contributed by atoms with Crippen LogP contribution in [-0.2, 0) is 45.4 Å². The zero-order valence-corrected chi connectivity index (χ0v) is 31.9. The van der Waals surface area contributed by atoms with E-state index in [0.29, 0.717) is 58.5 Å². The molecule has 0 amide bonds. The minimum atomic E-state index is -0.563. The van der Waals surface area contributed by atoms with Crippen LogP contribution in [0.3, 0.4) is 0 Å². The second-order valence-electron chi connectivity index (χ2n) is 14.2. The Balaban J connectivity index is 1.39. The van der Waals surface area contributed by atoms with Gasteiger partial charge >= 0.3 is 0 Å². The Labute approximate surface area is 318 Å². The van der Waals surface area contributed by atoms with E-state index in [9.17, 15) is 10.2 Å². The summed E-state index contributed by atoms with van der Waals surface area (Å²) in [7, 11) is 0. The van der Waals surface area contributed by atoms with E-state index in [2.05, 4.69) is 69.0 Å². The van der Waals surface area contributed by atoms with Gasteiger partial charge < -0.3 is 29.2 Å². The highest BCUT2D eigenvalue weighted by Crippen LogP contribution is 2.24. The van der Waals surface area contributed by atoms with E-state index in [1.807, 2.05) is 84.9 Å². The maximum absolute atomic E-state index is 11.2. The summed E-state index contributed by atoms with van der Waals surface area (Å²) in [5.74, 6) is 7.23. The van der Waals surface area contributed by atoms with Gasteiger partial charge in [-0.05, 0) is 46.9 Å². The van der Waals surface area contributed by atoms with Crippen LogP contribution in [0.2, 0.25) is 0 Å². The Kier molecular flexibility index (Phi) is 19.4. The molecule has 0 heterocycles. The number of hydrogen-bond donors (Lipinski definition) is 2. The van der Waals surface area contributed by atoms with Gasteiger partial charge in [0.15, 0.2) is 0 Å². The lowest BCUT2D eigenvalue weighted by Gasteiger charge is -2.30. The van der Waals surface area contributed by atoms with Gasteiger partial charge in [-0.25, -0.2) is 0 Å². The van der Waals surface area contributed by atoms with Crippen LogP contribution in [0.5, 0.6) is 0 Å². The topological polar surface area (TPSA) is 77.4 Å². The fourth-order valence-corrected chi connectivity index (χ4v) is 6.33. The molecule has 0 saturated carbocycles. The van der Waals surface area contributed by atoms with Crippen molar-refractivity contribution in [3.8, 4) is 11.8 Å². The maximum atomic E-state index is 11.2. The highest BCUT2D eigenvalue weighted by molar-refractivity contribution is 5.16. The first kappa shape index (κ1) is 41.9. The molecule has 4 aromatic rings. The van der Waals surface area contributed by atoms with Crippen molar-refractivity contribution in [1.82, 2.24) is 0 Å². The largest absolute Gasteiger partial charge is 0.394 e. The summed E-state index contributed by atoms with van der Waals surface area (Å²) in [6.07, 6.45) is 2.19. The number of ether oxygens (including phenoxy) is 4. The van der Waals surface area contributed by atoms with Crippen LogP contribution in [0.25, 0.3) is 0 Å². The molecule has 0 fully saturated rings. The maximum Gasteiger partial charge on any atom is 0.0867 e. The Hall–Kier alpha value is -3.80. The first-order chi connectivity index (χ1) is 25.9. The molecule has 0 spiro atoms. The minimum Gasteiger partial charge on any atom is -0.394 e. The lowest BCUT2D eigenvalue weighted by Crippen LogP contribution is -2.36. The van der Waals surface area contributed by atoms with Gasteiger partial charge in [0.05, 0.1) is 63.6 Å². The zero-order valence-electron chi connectivity index (χ0n) is 31.9. The third kappa shape index (κ3) is 16.0. The van der Waals surface area contributed by atoms with Crippen molar-refractivity contribution in [3.05, 3.63) is 144 Å². The average Bonchev–Trinajstić information content (AvgIpc) is 3.20. The zero-order chi connectivity index (χ0) is 37.5. The molecule has 6 heteroatoms. The molecule has 0 unspecified atom stereocenters. The van der Waals surface area contributed by atoms with Crippen LogP contribution in [-0.4, -0.2) is 47.3 Å². The normalized spacial score (nSPS) is 15.3. The van der Waals surface area contributed by atoms with Crippen LogP contribution >= 0.6 is 0 Å². The summed E-state index contributed by atoms with van der Waals surface area (Å²) in [6.45, 7) is 8.07. The Bertz CT molecular complexity index is 1560. The lowest BCUT2D eigenvalue weighted by molar-refractivity contribution is -0.116. The molecule has 0 saturated heterocycles. The van der Waals surface area contributed by atoms with Crippen molar-refractivity contribution >= 4 is 0 Å². The average molecular weight is 721 g/mol. The minimum absolute atomic E-state index is 0.123. The fraction of sp³-hybridized carbons (Fsp3) is 0.447. The van der Waals surface area contributed by atoms with Gasteiger partial charge in [0.25, 0.3) is 0 Å². The summed E-state index contributed by atoms with van der Waals surface area (Å²) >= 11 is 0. The van der Waals surface area contributed by atoms with E-state index < -0.39 is 12.2 Å². The molecule has 0 bridgehead atoms. The number of hydrogen-bond acceptors (Lipinski definition) is 6. The first-order valence-electron chi connectivity index (χ1n) is 19.3. The van der Waals surface area contributed by atoms with Crippen molar-refractivity contribution in [2.45, 2.75) is 116 Å². The number of aliphatic hydroxyl groups excluding tert-OH is 2. The molecular weight excluding hydrogens is 661 g/mol. The summed E-state index contributed by atoms with van der Waals surface area (Å²) in [5.41, 5.74) is 4.32. The van der Waals surface area contributed by atoms with Gasteiger partial charge in [-0.15, -0.1) is 11.8 Å². The Morgan fingerprint density at radius 3 is 1.49 bits per heavy atom. The van der Waals surface area contributed by atoms with Gasteiger partial charge in [-0.1, -0.05) is 149 Å². The van der Waals surface area contributed by atoms with Crippen LogP contribution in [0.4, 0.5) is 0 Å². The summed E-state index contributed by atoms with van der Waals surface area (Å²) in [4.78, 5) is 0. The van der Waals surface area contributed by atoms with Crippen molar-refractivity contribution in [1.29, 1.82) is 0 Å². The molecule has 0 aliphatic rings. The fourth-order valence-electron chi connectivity index (χ4n) is 6.33. The highest BCUT2D eigenvalue weighted by Gasteiger charge is 2.28. The van der Waals surface area contributed by atoms with Crippen molar-refractivity contribution in [2.24, 2.45) is 11.8 Å². The third-order valence-corrected chi connectivity index (χ3v) is 9.70. The van der Waals surface area contributed by atoms with Crippen molar-refractivity contribution in [3.63, 3.8) is 0 Å². The van der Waals surface area contributed by atoms with Gasteiger partial charge in [0.1, 0.15) is 0 Å². The monoisotopic (exact) mass is 720 g/mol. The van der Waals surface area contributed by atoms with E-state index >= 15 is 0 Å². The van der Waals surface area contributed by atoms with E-state index in [-0.39, 0.29) is 36.8 Å². The Morgan fingerprint density at radius 1 is 0.566 bits per heavy atom. The van der Waals surface area contributed by atoms with E-state index in [1.54, 1.807) is 0 Å². The molecule has 0 aliphatic heterocycles. The predicted octanol–water partition coefficient (Wildman–Crippen LogP) is 9.32. The lowest BCUT2D eigenvalue weighted by atomic mass is 9.90. The summed E-state index contributed by atoms with van der Waals surface area (Å²) in [6, 6.07) is 40.4. The molecule has 6 nitrogen and oxygen atoms in total. The molecular formula is C47H60O6. The van der Waals surface area contributed by atoms with Crippen molar-refractivity contribution < 1.29 is 29.2 Å². The van der Waals surface area contributed by atoms with Gasteiger partial charge in [-0.2, -0.15) is 0 Å². The first-order valence-corrected chi connectivity index (χ1v) is 19.3. The second-order valence-corrected chi connectivity index (χ2v) is 14.2. The van der Waals surface area contributed by atoms with Crippen molar-refractivity contribution in [2.75, 3.05) is 6.61 Å². The number of rotatable bonds is 24. The highest BCUT2D eigenvalue weighted by atomic mass is 16.5. The molecule has 4 rings (SSSR count). The molecule has 0 radical (unpaired) electrons. The summed E-state index contributed by atoms with van der Waals surface area (Å²) < 4.78 is 25.7. The predicted molar refractivity (Wildman–Crippen MR) is 213 cm³/mol. The second kappa shape index (κ2) is 24.5. The molecule has 7 atom stereocenters. The van der Waals surface area contributed by atoms with Crippen LogP contribution in [0.15, 0.2) is 121 Å². The Morgan fingerprint density at radius 2 is 1.02 bits per heavy atom. The molecule has 284 valence electrons. The van der Waals surface area contributed by atoms with Gasteiger partial charge in [0.2, 0.25) is 0 Å². The van der Waals surface area contributed by atoms with E-state index in [4.69, 9.17) is 18.9 Å².